The Balaban J connectivity index is 2.21. The third kappa shape index (κ3) is 5.71. The summed E-state index contributed by atoms with van der Waals surface area (Å²) in [6, 6.07) is 0. The molecule has 178 valence electrons. The van der Waals surface area contributed by atoms with Crippen molar-refractivity contribution in [2.24, 2.45) is 22.7 Å². The van der Waals surface area contributed by atoms with Crippen molar-refractivity contribution in [3.63, 3.8) is 0 Å². The average Bonchev–Trinajstić information content (AvgIpc) is 2.91. The molecule has 0 aromatic carbocycles. The summed E-state index contributed by atoms with van der Waals surface area (Å²) < 4.78 is 7.03. The lowest BCUT2D eigenvalue weighted by Gasteiger charge is -2.52. The van der Waals surface area contributed by atoms with E-state index in [1.54, 1.807) is 0 Å². The number of fused-ring (bicyclic) bond motifs is 1. The van der Waals surface area contributed by atoms with Gasteiger partial charge in [0.15, 0.2) is 8.32 Å². The van der Waals surface area contributed by atoms with Crippen LogP contribution in [-0.4, -0.2) is 36.8 Å². The number of hydrogen-bond donors (Lipinski definition) is 2. The molecular weight excluding hydrogens is 388 g/mol. The van der Waals surface area contributed by atoms with Crippen LogP contribution in [0.2, 0.25) is 18.1 Å². The maximum atomic E-state index is 10.2. The van der Waals surface area contributed by atoms with Crippen molar-refractivity contribution in [1.29, 1.82) is 0 Å². The Kier molecular flexibility index (Phi) is 8.04. The van der Waals surface area contributed by atoms with E-state index in [0.717, 1.165) is 25.7 Å². The third-order valence-corrected chi connectivity index (χ3v) is 13.9. The van der Waals surface area contributed by atoms with E-state index in [1.807, 2.05) is 13.8 Å². The zero-order valence-corrected chi connectivity index (χ0v) is 22.6. The normalized spacial score (nSPS) is 32.7. The van der Waals surface area contributed by atoms with Gasteiger partial charge < -0.3 is 14.6 Å². The molecule has 1 unspecified atom stereocenters. The lowest BCUT2D eigenvalue weighted by molar-refractivity contribution is -0.0511. The van der Waals surface area contributed by atoms with E-state index in [4.69, 9.17) is 4.43 Å². The van der Waals surface area contributed by atoms with Gasteiger partial charge in [-0.3, -0.25) is 0 Å². The molecule has 0 heterocycles. The first-order chi connectivity index (χ1) is 13.6. The minimum absolute atomic E-state index is 0.141. The van der Waals surface area contributed by atoms with Gasteiger partial charge in [0.2, 0.25) is 0 Å². The van der Waals surface area contributed by atoms with Crippen LogP contribution in [0.5, 0.6) is 0 Å². The Morgan fingerprint density at radius 1 is 0.967 bits per heavy atom. The molecule has 30 heavy (non-hydrogen) atoms. The van der Waals surface area contributed by atoms with Crippen LogP contribution in [-0.2, 0) is 4.43 Å². The van der Waals surface area contributed by atoms with E-state index >= 15 is 0 Å². The first kappa shape index (κ1) is 26.4. The Hall–Kier alpha value is 0.0969. The number of rotatable bonds is 9. The smallest absolute Gasteiger partial charge is 0.192 e. The fourth-order valence-corrected chi connectivity index (χ4v) is 8.01. The fourth-order valence-electron chi connectivity index (χ4n) is 6.61. The molecular formula is C26H52O3Si. The first-order valence-corrected chi connectivity index (χ1v) is 15.5. The van der Waals surface area contributed by atoms with Crippen molar-refractivity contribution < 1.29 is 14.6 Å². The van der Waals surface area contributed by atoms with Gasteiger partial charge in [0.25, 0.3) is 0 Å². The minimum Gasteiger partial charge on any atom is -0.414 e. The summed E-state index contributed by atoms with van der Waals surface area (Å²) in [6.45, 7) is 20.9. The van der Waals surface area contributed by atoms with Crippen LogP contribution >= 0.6 is 0 Å². The molecule has 0 aromatic heterocycles. The molecule has 2 fully saturated rings. The molecule has 2 rings (SSSR count). The van der Waals surface area contributed by atoms with Gasteiger partial charge in [-0.25, -0.2) is 0 Å². The van der Waals surface area contributed by atoms with Crippen molar-refractivity contribution in [3.8, 4) is 0 Å². The van der Waals surface area contributed by atoms with E-state index in [1.165, 1.54) is 32.1 Å². The molecule has 0 aromatic rings. The number of aliphatic hydroxyl groups excluding tert-OH is 1. The Labute approximate surface area is 188 Å². The van der Waals surface area contributed by atoms with E-state index in [9.17, 15) is 10.2 Å². The zero-order valence-electron chi connectivity index (χ0n) is 21.6. The predicted octanol–water partition coefficient (Wildman–Crippen LogP) is 6.92. The van der Waals surface area contributed by atoms with Crippen LogP contribution in [0.15, 0.2) is 0 Å². The van der Waals surface area contributed by atoms with Crippen molar-refractivity contribution >= 4 is 8.32 Å². The summed E-state index contributed by atoms with van der Waals surface area (Å²) in [4.78, 5) is 0. The summed E-state index contributed by atoms with van der Waals surface area (Å²) >= 11 is 0. The van der Waals surface area contributed by atoms with E-state index in [0.29, 0.717) is 23.4 Å². The second-order valence-corrected chi connectivity index (χ2v) is 18.1. The Morgan fingerprint density at radius 3 is 2.13 bits per heavy atom. The zero-order chi connectivity index (χ0) is 23.0. The summed E-state index contributed by atoms with van der Waals surface area (Å²) in [5.74, 6) is 1.28. The van der Waals surface area contributed by atoms with Crippen LogP contribution in [0, 0.1) is 22.7 Å². The van der Waals surface area contributed by atoms with Gasteiger partial charge in [0.05, 0.1) is 5.60 Å². The van der Waals surface area contributed by atoms with Crippen LogP contribution in [0.25, 0.3) is 0 Å². The highest BCUT2D eigenvalue weighted by molar-refractivity contribution is 6.74. The van der Waals surface area contributed by atoms with E-state index in [2.05, 4.69) is 47.7 Å². The highest BCUT2D eigenvalue weighted by Gasteiger charge is 2.57. The third-order valence-electron chi connectivity index (χ3n) is 9.38. The fraction of sp³-hybridized carbons (Fsp3) is 1.00. The second kappa shape index (κ2) is 9.15. The van der Waals surface area contributed by atoms with Crippen molar-refractivity contribution in [1.82, 2.24) is 0 Å². The van der Waals surface area contributed by atoms with Crippen LogP contribution in [0.4, 0.5) is 0 Å². The molecule has 5 atom stereocenters. The average molecular weight is 441 g/mol. The van der Waals surface area contributed by atoms with Gasteiger partial charge in [0, 0.05) is 12.7 Å². The largest absolute Gasteiger partial charge is 0.414 e. The van der Waals surface area contributed by atoms with Crippen LogP contribution in [0.3, 0.4) is 0 Å². The van der Waals surface area contributed by atoms with Gasteiger partial charge in [-0.1, -0.05) is 47.5 Å². The summed E-state index contributed by atoms with van der Waals surface area (Å²) in [5.41, 5.74) is -0.151. The molecule has 0 amide bonds. The highest BCUT2D eigenvalue weighted by Crippen LogP contribution is 2.63. The molecule has 2 aliphatic rings. The van der Waals surface area contributed by atoms with Gasteiger partial charge in [-0.2, -0.15) is 0 Å². The van der Waals surface area contributed by atoms with Gasteiger partial charge in [-0.15, -0.1) is 0 Å². The van der Waals surface area contributed by atoms with Crippen LogP contribution in [0.1, 0.15) is 106 Å². The first-order valence-electron chi connectivity index (χ1n) is 12.6. The Morgan fingerprint density at radius 2 is 1.60 bits per heavy atom. The number of hydrogen-bond acceptors (Lipinski definition) is 3. The minimum atomic E-state index is -1.78. The number of aliphatic hydroxyl groups is 2. The SMILES string of the molecule is CC(C)(O)CCC[C@@](C)(CCO)[C@H]1CCC2[C@@H](O[Si](C)(C)C(C)(C)C)CCC[C@@]21C. The second-order valence-electron chi connectivity index (χ2n) is 13.3. The maximum absolute atomic E-state index is 10.2. The highest BCUT2D eigenvalue weighted by atomic mass is 28.4. The standard InChI is InChI=1S/C26H52O3Si/c1-23(2,3)30(8,9)29-21-12-10-17-26(7)20(21)13-14-22(26)25(6,18-19-27)16-11-15-24(4,5)28/h20-22,27-28H,10-19H2,1-9H3/t20?,21-,22+,25-,26-/m0/s1. The molecule has 2 N–H and O–H groups in total. The van der Waals surface area contributed by atoms with E-state index in [-0.39, 0.29) is 17.1 Å². The van der Waals surface area contributed by atoms with Crippen molar-refractivity contribution in [2.75, 3.05) is 6.61 Å². The van der Waals surface area contributed by atoms with Crippen molar-refractivity contribution in [3.05, 3.63) is 0 Å². The van der Waals surface area contributed by atoms with Crippen molar-refractivity contribution in [2.45, 2.75) is 136 Å². The lowest BCUT2D eigenvalue weighted by Crippen LogP contribution is -2.51. The molecule has 0 spiro atoms. The molecule has 0 bridgehead atoms. The quantitative estimate of drug-likeness (QED) is 0.382. The molecule has 3 nitrogen and oxygen atoms in total. The summed E-state index contributed by atoms with van der Waals surface area (Å²) in [5, 5.41) is 20.4. The van der Waals surface area contributed by atoms with Gasteiger partial charge in [0.1, 0.15) is 0 Å². The lowest BCUT2D eigenvalue weighted by atomic mass is 9.56. The topological polar surface area (TPSA) is 49.7 Å². The molecule has 0 radical (unpaired) electrons. The van der Waals surface area contributed by atoms with Gasteiger partial charge >= 0.3 is 0 Å². The predicted molar refractivity (Wildman–Crippen MR) is 130 cm³/mol. The summed E-state index contributed by atoms with van der Waals surface area (Å²) in [6.07, 6.45) is 10.6. The van der Waals surface area contributed by atoms with Crippen LogP contribution < -0.4 is 0 Å². The molecule has 4 heteroatoms. The maximum Gasteiger partial charge on any atom is 0.192 e. The molecule has 2 aliphatic carbocycles. The monoisotopic (exact) mass is 440 g/mol. The Bertz CT molecular complexity index is 562. The van der Waals surface area contributed by atoms with Gasteiger partial charge in [-0.05, 0) is 99.6 Å². The molecule has 0 aliphatic heterocycles. The van der Waals surface area contributed by atoms with E-state index < -0.39 is 13.9 Å². The molecule has 2 saturated carbocycles. The molecule has 0 saturated heterocycles. The summed E-state index contributed by atoms with van der Waals surface area (Å²) in [7, 11) is -1.78.